The average Bonchev–Trinajstić information content (AvgIpc) is 1.99. The van der Waals surface area contributed by atoms with Crippen LogP contribution < -0.4 is 0 Å². The van der Waals surface area contributed by atoms with Crippen molar-refractivity contribution in [2.75, 3.05) is 6.61 Å². The molecular weight excluding hydrogens is 192 g/mol. The highest BCUT2D eigenvalue weighted by Gasteiger charge is 2.20. The third-order valence-electron chi connectivity index (χ3n) is 1.86. The number of hydrogen-bond donors (Lipinski definition) is 0. The van der Waals surface area contributed by atoms with Crippen LogP contribution in [-0.4, -0.2) is 14.9 Å². The van der Waals surface area contributed by atoms with E-state index in [0.29, 0.717) is 12.5 Å². The lowest BCUT2D eigenvalue weighted by Gasteiger charge is -2.24. The summed E-state index contributed by atoms with van der Waals surface area (Å²) in [5.41, 5.74) is 1.20. The minimum atomic E-state index is -1.55. The molecule has 0 aliphatic heterocycles. The Morgan fingerprint density at radius 3 is 2.00 bits per heavy atom. The van der Waals surface area contributed by atoms with E-state index in [1.165, 1.54) is 5.57 Å². The molecule has 0 aromatic heterocycles. The molecule has 14 heavy (non-hydrogen) atoms. The molecule has 0 amide bonds. The van der Waals surface area contributed by atoms with Gasteiger partial charge in [-0.05, 0) is 39.4 Å². The van der Waals surface area contributed by atoms with Crippen LogP contribution in [0.5, 0.6) is 0 Å². The minimum Gasteiger partial charge on any atom is -0.520 e. The highest BCUT2D eigenvalue weighted by atomic mass is 28.4. The highest BCUT2D eigenvalue weighted by Crippen LogP contribution is 2.20. The van der Waals surface area contributed by atoms with Gasteiger partial charge >= 0.3 is 0 Å². The van der Waals surface area contributed by atoms with Gasteiger partial charge in [0.1, 0.15) is 0 Å². The van der Waals surface area contributed by atoms with E-state index in [1.807, 2.05) is 6.92 Å². The predicted octanol–water partition coefficient (Wildman–Crippen LogP) is 3.76. The standard InChI is InChI=1S/C11H24O2Si/c1-8-12-11(10(4)9(2)3)13-14(5,6)7/h9H,8H2,1-7H3/b11-10-. The molecule has 0 atom stereocenters. The maximum Gasteiger partial charge on any atom is 0.264 e. The van der Waals surface area contributed by atoms with Gasteiger partial charge in [-0.15, -0.1) is 0 Å². The Hall–Kier alpha value is -0.443. The van der Waals surface area contributed by atoms with Gasteiger partial charge in [-0.3, -0.25) is 0 Å². The summed E-state index contributed by atoms with van der Waals surface area (Å²) >= 11 is 0. The Balaban J connectivity index is 4.67. The van der Waals surface area contributed by atoms with Crippen LogP contribution in [0.3, 0.4) is 0 Å². The van der Waals surface area contributed by atoms with Gasteiger partial charge in [0, 0.05) is 5.57 Å². The molecule has 0 aliphatic carbocycles. The third kappa shape index (κ3) is 5.32. The van der Waals surface area contributed by atoms with Crippen molar-refractivity contribution in [1.29, 1.82) is 0 Å². The van der Waals surface area contributed by atoms with E-state index in [4.69, 9.17) is 9.16 Å². The van der Waals surface area contributed by atoms with Gasteiger partial charge < -0.3 is 9.16 Å². The molecular formula is C11H24O2Si. The van der Waals surface area contributed by atoms with Crippen LogP contribution in [0.25, 0.3) is 0 Å². The summed E-state index contributed by atoms with van der Waals surface area (Å²) in [6.07, 6.45) is 0. The molecule has 0 rings (SSSR count). The Morgan fingerprint density at radius 2 is 1.71 bits per heavy atom. The Morgan fingerprint density at radius 1 is 1.21 bits per heavy atom. The highest BCUT2D eigenvalue weighted by molar-refractivity contribution is 6.70. The predicted molar refractivity (Wildman–Crippen MR) is 63.6 cm³/mol. The van der Waals surface area contributed by atoms with E-state index >= 15 is 0 Å². The largest absolute Gasteiger partial charge is 0.520 e. The molecule has 0 aromatic rings. The zero-order valence-electron chi connectivity index (χ0n) is 10.6. The fraction of sp³-hybridized carbons (Fsp3) is 0.818. The molecule has 0 heterocycles. The summed E-state index contributed by atoms with van der Waals surface area (Å²) in [5, 5.41) is 0. The first-order valence-electron chi connectivity index (χ1n) is 5.30. The summed E-state index contributed by atoms with van der Waals surface area (Å²) in [5.74, 6) is 1.23. The second-order valence-electron chi connectivity index (χ2n) is 4.77. The average molecular weight is 216 g/mol. The Bertz CT molecular complexity index is 202. The van der Waals surface area contributed by atoms with E-state index < -0.39 is 8.32 Å². The first-order valence-corrected chi connectivity index (χ1v) is 8.71. The van der Waals surface area contributed by atoms with Crippen molar-refractivity contribution in [3.63, 3.8) is 0 Å². The number of rotatable bonds is 5. The van der Waals surface area contributed by atoms with Crippen molar-refractivity contribution in [2.24, 2.45) is 5.92 Å². The second kappa shape index (κ2) is 5.44. The van der Waals surface area contributed by atoms with Crippen LogP contribution in [0.15, 0.2) is 11.5 Å². The third-order valence-corrected chi connectivity index (χ3v) is 2.66. The van der Waals surface area contributed by atoms with Crippen molar-refractivity contribution in [3.8, 4) is 0 Å². The first-order chi connectivity index (χ1) is 6.28. The lowest BCUT2D eigenvalue weighted by atomic mass is 10.1. The topological polar surface area (TPSA) is 18.5 Å². The van der Waals surface area contributed by atoms with Gasteiger partial charge in [-0.2, -0.15) is 0 Å². The number of ether oxygens (including phenoxy) is 1. The summed E-state index contributed by atoms with van der Waals surface area (Å²) in [6, 6.07) is 0. The molecule has 0 unspecified atom stereocenters. The van der Waals surface area contributed by atoms with Crippen LogP contribution in [0.4, 0.5) is 0 Å². The smallest absolute Gasteiger partial charge is 0.264 e. The molecule has 0 radical (unpaired) electrons. The van der Waals surface area contributed by atoms with Crippen LogP contribution in [0.1, 0.15) is 27.7 Å². The van der Waals surface area contributed by atoms with E-state index in [1.54, 1.807) is 0 Å². The van der Waals surface area contributed by atoms with E-state index in [9.17, 15) is 0 Å². The van der Waals surface area contributed by atoms with Gasteiger partial charge in [-0.1, -0.05) is 13.8 Å². The minimum absolute atomic E-state index is 0.480. The monoisotopic (exact) mass is 216 g/mol. The van der Waals surface area contributed by atoms with Crippen molar-refractivity contribution >= 4 is 8.32 Å². The maximum absolute atomic E-state index is 5.90. The summed E-state index contributed by atoms with van der Waals surface area (Å²) in [7, 11) is -1.55. The molecule has 0 aromatic carbocycles. The van der Waals surface area contributed by atoms with Crippen LogP contribution in [-0.2, 0) is 9.16 Å². The van der Waals surface area contributed by atoms with E-state index in [0.717, 1.165) is 5.95 Å². The van der Waals surface area contributed by atoms with Gasteiger partial charge in [0.2, 0.25) is 8.32 Å². The molecule has 0 bridgehead atoms. The second-order valence-corrected chi connectivity index (χ2v) is 9.20. The zero-order chi connectivity index (χ0) is 11.4. The number of allylic oxidation sites excluding steroid dienone is 1. The molecule has 0 N–H and O–H groups in total. The fourth-order valence-corrected chi connectivity index (χ4v) is 1.64. The lowest BCUT2D eigenvalue weighted by molar-refractivity contribution is 0.105. The fourth-order valence-electron chi connectivity index (χ4n) is 0.869. The molecule has 2 nitrogen and oxygen atoms in total. The van der Waals surface area contributed by atoms with Gasteiger partial charge in [0.05, 0.1) is 6.61 Å². The van der Waals surface area contributed by atoms with Crippen molar-refractivity contribution < 1.29 is 9.16 Å². The molecule has 0 spiro atoms. The van der Waals surface area contributed by atoms with Gasteiger partial charge in [-0.25, -0.2) is 0 Å². The normalized spacial score (nSPS) is 14.0. The van der Waals surface area contributed by atoms with Crippen LogP contribution in [0.2, 0.25) is 19.6 Å². The first kappa shape index (κ1) is 13.6. The van der Waals surface area contributed by atoms with Crippen LogP contribution in [0, 0.1) is 5.92 Å². The Kier molecular flexibility index (Phi) is 5.27. The van der Waals surface area contributed by atoms with Gasteiger partial charge in [0.15, 0.2) is 0 Å². The SMILES string of the molecule is CCO/C(O[Si](C)(C)C)=C(\C)C(C)C. The summed E-state index contributed by atoms with van der Waals surface area (Å²) < 4.78 is 11.4. The van der Waals surface area contributed by atoms with Crippen molar-refractivity contribution in [2.45, 2.75) is 47.3 Å². The van der Waals surface area contributed by atoms with Crippen molar-refractivity contribution in [1.82, 2.24) is 0 Å². The molecule has 84 valence electrons. The van der Waals surface area contributed by atoms with Gasteiger partial charge in [0.25, 0.3) is 5.95 Å². The molecule has 0 saturated heterocycles. The Labute approximate surface area is 89.4 Å². The molecule has 0 fully saturated rings. The molecule has 0 saturated carbocycles. The lowest BCUT2D eigenvalue weighted by Crippen LogP contribution is -2.26. The van der Waals surface area contributed by atoms with Crippen molar-refractivity contribution in [3.05, 3.63) is 11.5 Å². The quantitative estimate of drug-likeness (QED) is 0.514. The summed E-state index contributed by atoms with van der Waals surface area (Å²) in [6.45, 7) is 15.5. The summed E-state index contributed by atoms with van der Waals surface area (Å²) in [4.78, 5) is 0. The number of hydrogen-bond acceptors (Lipinski definition) is 2. The van der Waals surface area contributed by atoms with E-state index in [-0.39, 0.29) is 0 Å². The molecule has 0 aliphatic rings. The van der Waals surface area contributed by atoms with Crippen LogP contribution >= 0.6 is 0 Å². The molecule has 3 heteroatoms. The van der Waals surface area contributed by atoms with E-state index in [2.05, 4.69) is 40.4 Å². The maximum atomic E-state index is 5.90. The zero-order valence-corrected chi connectivity index (χ0v) is 11.6.